The summed E-state index contributed by atoms with van der Waals surface area (Å²) in [4.78, 5) is 27.3. The highest BCUT2D eigenvalue weighted by molar-refractivity contribution is 5.95. The summed E-state index contributed by atoms with van der Waals surface area (Å²) in [5, 5.41) is 0. The Balaban J connectivity index is 1.49. The Bertz CT molecular complexity index is 956. The van der Waals surface area contributed by atoms with E-state index in [9.17, 15) is 4.79 Å². The van der Waals surface area contributed by atoms with E-state index in [-0.39, 0.29) is 11.9 Å². The first-order valence-corrected chi connectivity index (χ1v) is 11.2. The Hall–Kier alpha value is -2.47. The zero-order valence-electron chi connectivity index (χ0n) is 17.9. The molecule has 2 aliphatic heterocycles. The van der Waals surface area contributed by atoms with Crippen molar-refractivity contribution in [3.63, 3.8) is 0 Å². The molecule has 0 N–H and O–H groups in total. The van der Waals surface area contributed by atoms with Crippen molar-refractivity contribution in [3.8, 4) is 5.75 Å². The van der Waals surface area contributed by atoms with E-state index >= 15 is 0 Å². The number of likely N-dealkylation sites (tertiary alicyclic amines) is 1. The average molecular weight is 407 g/mol. The van der Waals surface area contributed by atoms with Crippen molar-refractivity contribution in [3.05, 3.63) is 46.9 Å². The molecular formula is C24H30N4O2. The van der Waals surface area contributed by atoms with E-state index in [0.29, 0.717) is 13.0 Å². The standard InChI is InChI=1S/C24H30N4O2/c1-16-19-11-12-22(29)28(15-18-6-3-4-8-21(18)30-2)24(19)26-23(25-16)20-7-5-13-27(20)14-17-9-10-17/h3-4,6,8,17,20H,5,7,9-15H2,1-2H3/t20-/m0/s1. The van der Waals surface area contributed by atoms with E-state index < -0.39 is 0 Å². The summed E-state index contributed by atoms with van der Waals surface area (Å²) in [6.45, 7) is 4.84. The second-order valence-corrected chi connectivity index (χ2v) is 8.86. The summed E-state index contributed by atoms with van der Waals surface area (Å²) < 4.78 is 5.52. The lowest BCUT2D eigenvalue weighted by Gasteiger charge is -2.31. The normalized spacial score (nSPS) is 21.7. The first-order chi connectivity index (χ1) is 14.6. The lowest BCUT2D eigenvalue weighted by atomic mass is 10.0. The van der Waals surface area contributed by atoms with Gasteiger partial charge in [-0.25, -0.2) is 9.97 Å². The van der Waals surface area contributed by atoms with E-state index in [0.717, 1.165) is 66.1 Å². The summed E-state index contributed by atoms with van der Waals surface area (Å²) in [6, 6.07) is 8.17. The second-order valence-electron chi connectivity index (χ2n) is 8.86. The van der Waals surface area contributed by atoms with Gasteiger partial charge < -0.3 is 4.74 Å². The van der Waals surface area contributed by atoms with Crippen molar-refractivity contribution < 1.29 is 9.53 Å². The van der Waals surface area contributed by atoms with Crippen LogP contribution in [0.1, 0.15) is 60.8 Å². The highest BCUT2D eigenvalue weighted by atomic mass is 16.5. The van der Waals surface area contributed by atoms with Gasteiger partial charge in [0, 0.05) is 29.8 Å². The van der Waals surface area contributed by atoms with Gasteiger partial charge in [0.1, 0.15) is 17.4 Å². The summed E-state index contributed by atoms with van der Waals surface area (Å²) in [5.41, 5.74) is 3.13. The number of para-hydroxylation sites is 1. The van der Waals surface area contributed by atoms with Crippen LogP contribution < -0.4 is 9.64 Å². The van der Waals surface area contributed by atoms with Gasteiger partial charge >= 0.3 is 0 Å². The van der Waals surface area contributed by atoms with Gasteiger partial charge in [-0.05, 0) is 57.6 Å². The number of methoxy groups -OCH3 is 1. The predicted octanol–water partition coefficient (Wildman–Crippen LogP) is 3.82. The zero-order valence-corrected chi connectivity index (χ0v) is 17.9. The number of nitrogens with zero attached hydrogens (tertiary/aromatic N) is 4. The fourth-order valence-electron chi connectivity index (χ4n) is 4.89. The third kappa shape index (κ3) is 3.69. The summed E-state index contributed by atoms with van der Waals surface area (Å²) in [5.74, 6) is 3.48. The van der Waals surface area contributed by atoms with Crippen LogP contribution in [0.3, 0.4) is 0 Å². The van der Waals surface area contributed by atoms with E-state index in [1.54, 1.807) is 7.11 Å². The van der Waals surface area contributed by atoms with Crippen molar-refractivity contribution in [1.29, 1.82) is 0 Å². The van der Waals surface area contributed by atoms with Crippen LogP contribution in [0.4, 0.5) is 5.82 Å². The number of ether oxygens (including phenoxy) is 1. The minimum atomic E-state index is 0.124. The molecule has 0 radical (unpaired) electrons. The maximum atomic E-state index is 12.9. The quantitative estimate of drug-likeness (QED) is 0.730. The molecule has 0 bridgehead atoms. The number of fused-ring (bicyclic) bond motifs is 1. The topological polar surface area (TPSA) is 58.6 Å². The Morgan fingerprint density at radius 2 is 1.97 bits per heavy atom. The molecule has 2 fully saturated rings. The number of aromatic nitrogens is 2. The van der Waals surface area contributed by atoms with Gasteiger partial charge in [-0.3, -0.25) is 14.6 Å². The molecular weight excluding hydrogens is 376 g/mol. The fraction of sp³-hybridized carbons (Fsp3) is 0.542. The zero-order chi connectivity index (χ0) is 20.7. The molecule has 3 aliphatic rings. The molecule has 1 amide bonds. The van der Waals surface area contributed by atoms with Crippen LogP contribution in [0.5, 0.6) is 5.75 Å². The Morgan fingerprint density at radius 3 is 2.77 bits per heavy atom. The van der Waals surface area contributed by atoms with Gasteiger partial charge in [0.2, 0.25) is 5.91 Å². The van der Waals surface area contributed by atoms with E-state index in [1.807, 2.05) is 29.2 Å². The summed E-state index contributed by atoms with van der Waals surface area (Å²) in [7, 11) is 1.67. The molecule has 0 spiro atoms. The van der Waals surface area contributed by atoms with Crippen LogP contribution in [0, 0.1) is 12.8 Å². The van der Waals surface area contributed by atoms with Crippen LogP contribution in [0.25, 0.3) is 0 Å². The van der Waals surface area contributed by atoms with E-state index in [4.69, 9.17) is 14.7 Å². The third-order valence-corrected chi connectivity index (χ3v) is 6.73. The minimum Gasteiger partial charge on any atom is -0.496 e. The Labute approximate surface area is 178 Å². The molecule has 1 aliphatic carbocycles. The van der Waals surface area contributed by atoms with Crippen molar-refractivity contribution in [2.75, 3.05) is 25.1 Å². The summed E-state index contributed by atoms with van der Waals surface area (Å²) in [6.07, 6.45) is 6.23. The molecule has 30 heavy (non-hydrogen) atoms. The van der Waals surface area contributed by atoms with Crippen LogP contribution in [0.2, 0.25) is 0 Å². The van der Waals surface area contributed by atoms with Crippen molar-refractivity contribution in [1.82, 2.24) is 14.9 Å². The van der Waals surface area contributed by atoms with Crippen LogP contribution in [-0.4, -0.2) is 41.0 Å². The first kappa shape index (κ1) is 19.5. The molecule has 3 heterocycles. The number of aryl methyl sites for hydroxylation is 1. The van der Waals surface area contributed by atoms with Crippen LogP contribution >= 0.6 is 0 Å². The molecule has 1 aromatic heterocycles. The number of rotatable bonds is 6. The SMILES string of the molecule is COc1ccccc1CN1C(=O)CCc2c(C)nc([C@@H]3CCCN3CC3CC3)nc21. The molecule has 1 atom stereocenters. The number of hydrogen-bond donors (Lipinski definition) is 0. The molecule has 1 saturated heterocycles. The average Bonchev–Trinajstić information content (AvgIpc) is 3.45. The van der Waals surface area contributed by atoms with Gasteiger partial charge in [-0.2, -0.15) is 0 Å². The number of anilines is 1. The third-order valence-electron chi connectivity index (χ3n) is 6.73. The van der Waals surface area contributed by atoms with Crippen LogP contribution in [-0.2, 0) is 17.8 Å². The minimum absolute atomic E-state index is 0.124. The molecule has 2 aromatic rings. The lowest BCUT2D eigenvalue weighted by molar-refractivity contribution is -0.119. The van der Waals surface area contributed by atoms with E-state index in [1.165, 1.54) is 19.3 Å². The lowest BCUT2D eigenvalue weighted by Crippen LogP contribution is -2.37. The predicted molar refractivity (Wildman–Crippen MR) is 116 cm³/mol. The molecule has 1 aromatic carbocycles. The van der Waals surface area contributed by atoms with Gasteiger partial charge in [-0.1, -0.05) is 18.2 Å². The highest BCUT2D eigenvalue weighted by Gasteiger charge is 2.35. The maximum Gasteiger partial charge on any atom is 0.228 e. The number of carbonyl (C=O) groups excluding carboxylic acids is 1. The molecule has 1 saturated carbocycles. The van der Waals surface area contributed by atoms with Crippen molar-refractivity contribution in [2.24, 2.45) is 5.92 Å². The smallest absolute Gasteiger partial charge is 0.228 e. The number of benzene rings is 1. The van der Waals surface area contributed by atoms with Crippen molar-refractivity contribution in [2.45, 2.75) is 58.0 Å². The van der Waals surface area contributed by atoms with Gasteiger partial charge in [0.05, 0.1) is 19.7 Å². The van der Waals surface area contributed by atoms with E-state index in [2.05, 4.69) is 11.8 Å². The van der Waals surface area contributed by atoms with Crippen LogP contribution in [0.15, 0.2) is 24.3 Å². The van der Waals surface area contributed by atoms with Crippen molar-refractivity contribution >= 4 is 11.7 Å². The number of amides is 1. The second kappa shape index (κ2) is 7.99. The Kier molecular flexibility index (Phi) is 5.19. The monoisotopic (exact) mass is 406 g/mol. The fourth-order valence-corrected chi connectivity index (χ4v) is 4.89. The number of carbonyl (C=O) groups is 1. The largest absolute Gasteiger partial charge is 0.496 e. The Morgan fingerprint density at radius 1 is 1.13 bits per heavy atom. The molecule has 158 valence electrons. The molecule has 6 heteroatoms. The molecule has 5 rings (SSSR count). The maximum absolute atomic E-state index is 12.9. The first-order valence-electron chi connectivity index (χ1n) is 11.2. The van der Waals surface area contributed by atoms with Gasteiger partial charge in [0.15, 0.2) is 0 Å². The summed E-state index contributed by atoms with van der Waals surface area (Å²) >= 11 is 0. The van der Waals surface area contributed by atoms with Gasteiger partial charge in [-0.15, -0.1) is 0 Å². The highest BCUT2D eigenvalue weighted by Crippen LogP contribution is 2.38. The molecule has 6 nitrogen and oxygen atoms in total. The number of hydrogen-bond acceptors (Lipinski definition) is 5. The molecule has 0 unspecified atom stereocenters. The van der Waals surface area contributed by atoms with Gasteiger partial charge in [0.25, 0.3) is 0 Å².